The van der Waals surface area contributed by atoms with Crippen LogP contribution in [0.3, 0.4) is 0 Å². The van der Waals surface area contributed by atoms with E-state index in [0.29, 0.717) is 5.16 Å². The van der Waals surface area contributed by atoms with Crippen molar-refractivity contribution < 1.29 is 9.53 Å². The number of benzene rings is 2. The van der Waals surface area contributed by atoms with E-state index in [4.69, 9.17) is 4.74 Å². The number of nitrogens with one attached hydrogen (secondary N) is 1. The fourth-order valence-corrected chi connectivity index (χ4v) is 4.32. The summed E-state index contributed by atoms with van der Waals surface area (Å²) < 4.78 is 7.25. The number of carbonyl (C=O) groups is 1. The van der Waals surface area contributed by atoms with Crippen LogP contribution in [0.25, 0.3) is 5.69 Å². The molecule has 2 aromatic carbocycles. The second-order valence-electron chi connectivity index (χ2n) is 7.19. The predicted molar refractivity (Wildman–Crippen MR) is 120 cm³/mol. The predicted octanol–water partition coefficient (Wildman–Crippen LogP) is 3.92. The van der Waals surface area contributed by atoms with Crippen molar-refractivity contribution in [3.63, 3.8) is 0 Å². The first-order valence-corrected chi connectivity index (χ1v) is 11.0. The summed E-state index contributed by atoms with van der Waals surface area (Å²) in [6.07, 6.45) is 4.11. The fourth-order valence-electron chi connectivity index (χ4n) is 3.59. The average molecular weight is 424 g/mol. The summed E-state index contributed by atoms with van der Waals surface area (Å²) in [7, 11) is 1.63. The number of ether oxygens (including phenoxy) is 1. The lowest BCUT2D eigenvalue weighted by atomic mass is 10.1. The Labute approximate surface area is 180 Å². The largest absolute Gasteiger partial charge is 0.495 e. The Bertz CT molecular complexity index is 1030. The number of rotatable bonds is 7. The zero-order valence-corrected chi connectivity index (χ0v) is 18.0. The molecule has 2 heterocycles. The van der Waals surface area contributed by atoms with Crippen molar-refractivity contribution in [1.82, 2.24) is 14.8 Å². The molecule has 30 heavy (non-hydrogen) atoms. The smallest absolute Gasteiger partial charge is 0.234 e. The molecule has 0 aliphatic carbocycles. The van der Waals surface area contributed by atoms with Crippen molar-refractivity contribution in [1.29, 1.82) is 0 Å². The molecule has 0 unspecified atom stereocenters. The van der Waals surface area contributed by atoms with Gasteiger partial charge in [0.05, 0.1) is 18.6 Å². The molecule has 1 aliphatic rings. The van der Waals surface area contributed by atoms with Crippen LogP contribution in [0, 0.1) is 6.92 Å². The van der Waals surface area contributed by atoms with Crippen molar-refractivity contribution >= 4 is 29.0 Å². The molecule has 0 atom stereocenters. The molecule has 1 saturated heterocycles. The normalized spacial score (nSPS) is 13.5. The molecule has 8 heteroatoms. The summed E-state index contributed by atoms with van der Waals surface area (Å²) in [5.41, 5.74) is 3.97. The number of thioether (sulfide) groups is 1. The first-order valence-electron chi connectivity index (χ1n) is 9.97. The van der Waals surface area contributed by atoms with E-state index < -0.39 is 0 Å². The third kappa shape index (κ3) is 4.43. The SMILES string of the molecule is COc1ccccc1-n1cnnc1SCC(=O)Nc1ccc(N2CCCC2)cc1C. The summed E-state index contributed by atoms with van der Waals surface area (Å²) in [6.45, 7) is 4.24. The van der Waals surface area contributed by atoms with Crippen LogP contribution in [-0.4, -0.2) is 46.6 Å². The number of para-hydroxylation sites is 2. The molecule has 0 radical (unpaired) electrons. The Kier molecular flexibility index (Phi) is 6.23. The van der Waals surface area contributed by atoms with Crippen LogP contribution in [0.2, 0.25) is 0 Å². The van der Waals surface area contributed by atoms with Gasteiger partial charge in [0, 0.05) is 24.5 Å². The standard InChI is InChI=1S/C22H25N5O2S/c1-16-13-17(26-11-5-6-12-26)9-10-18(16)24-21(28)14-30-22-25-23-15-27(22)19-7-3-4-8-20(19)29-2/h3-4,7-10,13,15H,5-6,11-12,14H2,1-2H3,(H,24,28). The maximum atomic E-state index is 12.5. The number of aryl methyl sites for hydroxylation is 1. The molecule has 1 aliphatic heterocycles. The Hall–Kier alpha value is -3.00. The molecule has 1 aromatic heterocycles. The first-order chi connectivity index (χ1) is 14.7. The van der Waals surface area contributed by atoms with Crippen molar-refractivity contribution in [3.8, 4) is 11.4 Å². The number of nitrogens with zero attached hydrogens (tertiary/aromatic N) is 4. The number of methoxy groups -OCH3 is 1. The zero-order chi connectivity index (χ0) is 20.9. The summed E-state index contributed by atoms with van der Waals surface area (Å²) in [5.74, 6) is 0.880. The Morgan fingerprint density at radius 3 is 2.77 bits per heavy atom. The lowest BCUT2D eigenvalue weighted by Crippen LogP contribution is -2.18. The molecule has 7 nitrogen and oxygen atoms in total. The average Bonchev–Trinajstić information content (AvgIpc) is 3.46. The van der Waals surface area contributed by atoms with E-state index in [-0.39, 0.29) is 11.7 Å². The van der Waals surface area contributed by atoms with Gasteiger partial charge < -0.3 is 15.0 Å². The van der Waals surface area contributed by atoms with Crippen molar-refractivity contribution in [2.24, 2.45) is 0 Å². The van der Waals surface area contributed by atoms with E-state index in [1.165, 1.54) is 30.3 Å². The van der Waals surface area contributed by atoms with Crippen molar-refractivity contribution in [2.45, 2.75) is 24.9 Å². The van der Waals surface area contributed by atoms with Crippen LogP contribution >= 0.6 is 11.8 Å². The lowest BCUT2D eigenvalue weighted by Gasteiger charge is -2.19. The van der Waals surface area contributed by atoms with Gasteiger partial charge >= 0.3 is 0 Å². The second-order valence-corrected chi connectivity index (χ2v) is 8.13. The van der Waals surface area contributed by atoms with Crippen LogP contribution in [0.4, 0.5) is 11.4 Å². The molecule has 3 aromatic rings. The molecular formula is C22H25N5O2S. The number of aromatic nitrogens is 3. The molecule has 1 fully saturated rings. The zero-order valence-electron chi connectivity index (χ0n) is 17.2. The van der Waals surface area contributed by atoms with Crippen LogP contribution < -0.4 is 15.0 Å². The van der Waals surface area contributed by atoms with Gasteiger partial charge in [0.2, 0.25) is 5.91 Å². The highest BCUT2D eigenvalue weighted by atomic mass is 32.2. The van der Waals surface area contributed by atoms with Gasteiger partial charge in [0.25, 0.3) is 0 Å². The van der Waals surface area contributed by atoms with Gasteiger partial charge in [-0.2, -0.15) is 0 Å². The number of anilines is 2. The van der Waals surface area contributed by atoms with E-state index in [1.54, 1.807) is 13.4 Å². The van der Waals surface area contributed by atoms with Crippen molar-refractivity contribution in [3.05, 3.63) is 54.4 Å². The van der Waals surface area contributed by atoms with E-state index in [1.807, 2.05) is 41.8 Å². The van der Waals surface area contributed by atoms with Crippen molar-refractivity contribution in [2.75, 3.05) is 36.2 Å². The fraction of sp³-hybridized carbons (Fsp3) is 0.318. The third-order valence-corrected chi connectivity index (χ3v) is 6.09. The van der Waals surface area contributed by atoms with Crippen LogP contribution in [-0.2, 0) is 4.79 Å². The molecule has 156 valence electrons. The van der Waals surface area contributed by atoms with Gasteiger partial charge in [-0.3, -0.25) is 9.36 Å². The quantitative estimate of drug-likeness (QED) is 0.581. The van der Waals surface area contributed by atoms with Gasteiger partial charge in [0.15, 0.2) is 5.16 Å². The molecule has 0 saturated carbocycles. The molecule has 0 spiro atoms. The molecular weight excluding hydrogens is 398 g/mol. The first kappa shape index (κ1) is 20.3. The maximum absolute atomic E-state index is 12.5. The Balaban J connectivity index is 1.40. The third-order valence-electron chi connectivity index (χ3n) is 5.15. The maximum Gasteiger partial charge on any atom is 0.234 e. The van der Waals surface area contributed by atoms with Crippen LogP contribution in [0.15, 0.2) is 53.9 Å². The summed E-state index contributed by atoms with van der Waals surface area (Å²) in [6, 6.07) is 13.9. The number of hydrogen-bond donors (Lipinski definition) is 1. The number of amides is 1. The van der Waals surface area contributed by atoms with Gasteiger partial charge in [-0.25, -0.2) is 0 Å². The van der Waals surface area contributed by atoms with Crippen LogP contribution in [0.1, 0.15) is 18.4 Å². The number of hydrogen-bond acceptors (Lipinski definition) is 6. The Morgan fingerprint density at radius 2 is 2.00 bits per heavy atom. The van der Waals surface area contributed by atoms with E-state index in [9.17, 15) is 4.79 Å². The topological polar surface area (TPSA) is 72.3 Å². The van der Waals surface area contributed by atoms with E-state index in [2.05, 4.69) is 32.5 Å². The van der Waals surface area contributed by atoms with E-state index >= 15 is 0 Å². The highest BCUT2D eigenvalue weighted by Crippen LogP contribution is 2.28. The minimum atomic E-state index is -0.0772. The summed E-state index contributed by atoms with van der Waals surface area (Å²) in [5, 5.41) is 11.8. The molecule has 4 rings (SSSR count). The number of carbonyl (C=O) groups excluding carboxylic acids is 1. The highest BCUT2D eigenvalue weighted by molar-refractivity contribution is 7.99. The second kappa shape index (κ2) is 9.21. The minimum Gasteiger partial charge on any atom is -0.495 e. The summed E-state index contributed by atoms with van der Waals surface area (Å²) in [4.78, 5) is 14.9. The summed E-state index contributed by atoms with van der Waals surface area (Å²) >= 11 is 1.34. The van der Waals surface area contributed by atoms with Crippen LogP contribution in [0.5, 0.6) is 5.75 Å². The van der Waals surface area contributed by atoms with Gasteiger partial charge in [0.1, 0.15) is 12.1 Å². The molecule has 0 bridgehead atoms. The van der Waals surface area contributed by atoms with Gasteiger partial charge in [-0.05, 0) is 55.7 Å². The monoisotopic (exact) mass is 423 g/mol. The van der Waals surface area contributed by atoms with E-state index in [0.717, 1.165) is 35.8 Å². The molecule has 1 amide bonds. The lowest BCUT2D eigenvalue weighted by molar-refractivity contribution is -0.113. The highest BCUT2D eigenvalue weighted by Gasteiger charge is 2.15. The van der Waals surface area contributed by atoms with Gasteiger partial charge in [-0.15, -0.1) is 10.2 Å². The van der Waals surface area contributed by atoms with Gasteiger partial charge in [-0.1, -0.05) is 23.9 Å². The Morgan fingerprint density at radius 1 is 1.20 bits per heavy atom. The molecule has 1 N–H and O–H groups in total. The minimum absolute atomic E-state index is 0.0772.